The minimum atomic E-state index is -3.13. The molecule has 1 atom stereocenters. The minimum Gasteiger partial charge on any atom is -0.356 e. The molecule has 2 rings (SSSR count). The van der Waals surface area contributed by atoms with Gasteiger partial charge in [0.2, 0.25) is 0 Å². The molecule has 0 spiro atoms. The third-order valence-corrected chi connectivity index (χ3v) is 5.79. The van der Waals surface area contributed by atoms with E-state index in [9.17, 15) is 8.42 Å². The van der Waals surface area contributed by atoms with Crippen LogP contribution in [0.15, 0.2) is 34.2 Å². The van der Waals surface area contributed by atoms with Crippen LogP contribution < -0.4 is 10.6 Å². The van der Waals surface area contributed by atoms with Crippen molar-refractivity contribution < 1.29 is 8.42 Å². The summed E-state index contributed by atoms with van der Waals surface area (Å²) < 4.78 is 22.9. The lowest BCUT2D eigenvalue weighted by Crippen LogP contribution is -2.45. The molecule has 1 aromatic rings. The molecule has 0 radical (unpaired) electrons. The van der Waals surface area contributed by atoms with Gasteiger partial charge in [-0.25, -0.2) is 8.42 Å². The maximum absolute atomic E-state index is 11.5. The first-order chi connectivity index (χ1) is 11.8. The van der Waals surface area contributed by atoms with Crippen LogP contribution in [0, 0.1) is 0 Å². The van der Waals surface area contributed by atoms with Gasteiger partial charge in [-0.3, -0.25) is 9.89 Å². The second kappa shape index (κ2) is 8.67. The van der Waals surface area contributed by atoms with Crippen molar-refractivity contribution in [3.8, 4) is 0 Å². The normalized spacial score (nSPS) is 16.8. The van der Waals surface area contributed by atoms with Gasteiger partial charge in [0, 0.05) is 38.5 Å². The van der Waals surface area contributed by atoms with E-state index in [4.69, 9.17) is 0 Å². The van der Waals surface area contributed by atoms with Crippen molar-refractivity contribution in [2.75, 3.05) is 33.4 Å². The maximum atomic E-state index is 11.5. The summed E-state index contributed by atoms with van der Waals surface area (Å²) in [5.74, 6) is 0.795. The summed E-state index contributed by atoms with van der Waals surface area (Å²) >= 11 is 0. The number of hydrogen-bond acceptors (Lipinski definition) is 4. The number of hydrogen-bond donors (Lipinski definition) is 2. The SMILES string of the molecule is CN=C(NCCc1ccc(S(C)(=O)=O)cc1)NCC(C)N(C)C1CC1. The zero-order valence-corrected chi connectivity index (χ0v) is 16.4. The smallest absolute Gasteiger partial charge is 0.191 e. The number of sulfone groups is 1. The standard InChI is InChI=1S/C18H30N4O2S/c1-14(22(3)16-7-8-16)13-21-18(19-2)20-12-11-15-5-9-17(10-6-15)25(4,23)24/h5-6,9-10,14,16H,7-8,11-13H2,1-4H3,(H2,19,20,21). The lowest BCUT2D eigenvalue weighted by atomic mass is 10.1. The van der Waals surface area contributed by atoms with Crippen LogP contribution in [-0.4, -0.2) is 64.8 Å². The average Bonchev–Trinajstić information content (AvgIpc) is 3.41. The predicted molar refractivity (Wildman–Crippen MR) is 103 cm³/mol. The van der Waals surface area contributed by atoms with Crippen LogP contribution in [-0.2, 0) is 16.3 Å². The first-order valence-corrected chi connectivity index (χ1v) is 10.7. The van der Waals surface area contributed by atoms with Crippen molar-refractivity contribution in [3.05, 3.63) is 29.8 Å². The van der Waals surface area contributed by atoms with Gasteiger partial charge in [0.15, 0.2) is 15.8 Å². The first-order valence-electron chi connectivity index (χ1n) is 8.76. The molecule has 140 valence electrons. The fourth-order valence-electron chi connectivity index (χ4n) is 2.68. The van der Waals surface area contributed by atoms with Gasteiger partial charge >= 0.3 is 0 Å². The van der Waals surface area contributed by atoms with Gasteiger partial charge in [-0.2, -0.15) is 0 Å². The molecule has 0 aromatic heterocycles. The molecule has 1 fully saturated rings. The Balaban J connectivity index is 1.73. The van der Waals surface area contributed by atoms with Gasteiger partial charge in [-0.15, -0.1) is 0 Å². The van der Waals surface area contributed by atoms with Crippen LogP contribution >= 0.6 is 0 Å². The van der Waals surface area contributed by atoms with E-state index in [0.717, 1.165) is 37.1 Å². The Kier molecular flexibility index (Phi) is 6.84. The van der Waals surface area contributed by atoms with Crippen LogP contribution in [0.25, 0.3) is 0 Å². The van der Waals surface area contributed by atoms with Crippen LogP contribution in [0.5, 0.6) is 0 Å². The highest BCUT2D eigenvalue weighted by molar-refractivity contribution is 7.90. The van der Waals surface area contributed by atoms with Gasteiger partial charge in [-0.05, 0) is 50.9 Å². The number of benzene rings is 1. The van der Waals surface area contributed by atoms with Crippen molar-refractivity contribution in [1.82, 2.24) is 15.5 Å². The Morgan fingerprint density at radius 3 is 2.44 bits per heavy atom. The Labute approximate surface area is 151 Å². The molecule has 1 saturated carbocycles. The van der Waals surface area contributed by atoms with E-state index in [1.807, 2.05) is 12.1 Å². The molecule has 0 bridgehead atoms. The molecule has 7 heteroatoms. The van der Waals surface area contributed by atoms with E-state index in [1.165, 1.54) is 19.1 Å². The molecule has 0 saturated heterocycles. The van der Waals surface area contributed by atoms with Gasteiger partial charge in [0.05, 0.1) is 4.90 Å². The Hall–Kier alpha value is -1.60. The molecular weight excluding hydrogens is 336 g/mol. The largest absolute Gasteiger partial charge is 0.356 e. The molecule has 1 aliphatic carbocycles. The molecule has 0 amide bonds. The summed E-state index contributed by atoms with van der Waals surface area (Å²) in [6.07, 6.45) is 4.65. The van der Waals surface area contributed by atoms with E-state index < -0.39 is 9.84 Å². The summed E-state index contributed by atoms with van der Waals surface area (Å²) in [7, 11) is 0.820. The van der Waals surface area contributed by atoms with Crippen LogP contribution in [0.3, 0.4) is 0 Å². The molecule has 0 heterocycles. The number of rotatable bonds is 8. The summed E-state index contributed by atoms with van der Waals surface area (Å²) in [5.41, 5.74) is 1.09. The second-order valence-corrected chi connectivity index (χ2v) is 8.81. The molecule has 0 aliphatic heterocycles. The van der Waals surface area contributed by atoms with Crippen LogP contribution in [0.2, 0.25) is 0 Å². The van der Waals surface area contributed by atoms with Crippen molar-refractivity contribution in [3.63, 3.8) is 0 Å². The molecule has 2 N–H and O–H groups in total. The van der Waals surface area contributed by atoms with Crippen molar-refractivity contribution in [2.24, 2.45) is 4.99 Å². The summed E-state index contributed by atoms with van der Waals surface area (Å²) in [6, 6.07) is 8.26. The number of nitrogens with one attached hydrogen (secondary N) is 2. The molecule has 6 nitrogen and oxygen atoms in total. The highest BCUT2D eigenvalue weighted by Crippen LogP contribution is 2.26. The molecule has 1 unspecified atom stereocenters. The van der Waals surface area contributed by atoms with Crippen LogP contribution in [0.1, 0.15) is 25.3 Å². The Bertz CT molecular complexity index is 682. The van der Waals surface area contributed by atoms with E-state index in [1.54, 1.807) is 19.2 Å². The molecule has 1 aliphatic rings. The summed E-state index contributed by atoms with van der Waals surface area (Å²) in [6.45, 7) is 3.82. The van der Waals surface area contributed by atoms with Gasteiger partial charge < -0.3 is 10.6 Å². The second-order valence-electron chi connectivity index (χ2n) is 6.79. The van der Waals surface area contributed by atoms with Crippen LogP contribution in [0.4, 0.5) is 0 Å². The van der Waals surface area contributed by atoms with E-state index in [2.05, 4.69) is 34.5 Å². The Morgan fingerprint density at radius 1 is 1.28 bits per heavy atom. The topological polar surface area (TPSA) is 73.8 Å². The zero-order valence-electron chi connectivity index (χ0n) is 15.6. The summed E-state index contributed by atoms with van der Waals surface area (Å²) in [4.78, 5) is 7.03. The lowest BCUT2D eigenvalue weighted by molar-refractivity contribution is 0.247. The minimum absolute atomic E-state index is 0.357. The highest BCUT2D eigenvalue weighted by atomic mass is 32.2. The van der Waals surface area contributed by atoms with Crippen molar-refractivity contribution >= 4 is 15.8 Å². The fraction of sp³-hybridized carbons (Fsp3) is 0.611. The van der Waals surface area contributed by atoms with E-state index in [0.29, 0.717) is 10.9 Å². The molecule has 25 heavy (non-hydrogen) atoms. The van der Waals surface area contributed by atoms with Gasteiger partial charge in [0.25, 0.3) is 0 Å². The van der Waals surface area contributed by atoms with E-state index >= 15 is 0 Å². The average molecular weight is 367 g/mol. The predicted octanol–water partition coefficient (Wildman–Crippen LogP) is 1.28. The van der Waals surface area contributed by atoms with Crippen molar-refractivity contribution in [1.29, 1.82) is 0 Å². The monoisotopic (exact) mass is 366 g/mol. The fourth-order valence-corrected chi connectivity index (χ4v) is 3.31. The number of aliphatic imine (C=N–C) groups is 1. The molecular formula is C18H30N4O2S. The Morgan fingerprint density at radius 2 is 1.92 bits per heavy atom. The number of nitrogens with zero attached hydrogens (tertiary/aromatic N) is 2. The van der Waals surface area contributed by atoms with Gasteiger partial charge in [0.1, 0.15) is 0 Å². The van der Waals surface area contributed by atoms with E-state index in [-0.39, 0.29) is 0 Å². The quantitative estimate of drug-likeness (QED) is 0.536. The van der Waals surface area contributed by atoms with Crippen molar-refractivity contribution in [2.45, 2.75) is 43.2 Å². The number of guanidine groups is 1. The highest BCUT2D eigenvalue weighted by Gasteiger charge is 2.28. The number of likely N-dealkylation sites (N-methyl/N-ethyl adjacent to an activating group) is 1. The first kappa shape index (κ1) is 19.7. The lowest BCUT2D eigenvalue weighted by Gasteiger charge is -2.25. The maximum Gasteiger partial charge on any atom is 0.191 e. The third kappa shape index (κ3) is 6.32. The third-order valence-electron chi connectivity index (χ3n) is 4.66. The van der Waals surface area contributed by atoms with Gasteiger partial charge in [-0.1, -0.05) is 12.1 Å². The summed E-state index contributed by atoms with van der Waals surface area (Å²) in [5, 5.41) is 6.67. The molecule has 1 aromatic carbocycles. The zero-order chi connectivity index (χ0) is 18.4.